The van der Waals surface area contributed by atoms with Crippen molar-refractivity contribution in [3.05, 3.63) is 0 Å². The summed E-state index contributed by atoms with van der Waals surface area (Å²) in [5, 5.41) is 3.75. The summed E-state index contributed by atoms with van der Waals surface area (Å²) in [6.45, 7) is 4.51. The zero-order valence-electron chi connectivity index (χ0n) is 11.7. The van der Waals surface area contributed by atoms with Gasteiger partial charge in [-0.1, -0.05) is 26.2 Å². The van der Waals surface area contributed by atoms with Gasteiger partial charge in [0.15, 0.2) is 0 Å². The molecule has 102 valence electrons. The molecule has 2 nitrogen and oxygen atoms in total. The summed E-state index contributed by atoms with van der Waals surface area (Å²) in [5.41, 5.74) is 0. The van der Waals surface area contributed by atoms with Crippen molar-refractivity contribution >= 4 is 10.8 Å². The first-order chi connectivity index (χ1) is 8.13. The summed E-state index contributed by atoms with van der Waals surface area (Å²) in [5.74, 6) is 1.72. The average molecular weight is 259 g/mol. The van der Waals surface area contributed by atoms with Crippen LogP contribution >= 0.6 is 0 Å². The molecule has 0 amide bonds. The van der Waals surface area contributed by atoms with Crippen LogP contribution in [0.4, 0.5) is 0 Å². The molecule has 4 atom stereocenters. The molecule has 0 radical (unpaired) electrons. The molecule has 0 spiro atoms. The van der Waals surface area contributed by atoms with Gasteiger partial charge >= 0.3 is 0 Å². The fourth-order valence-electron chi connectivity index (χ4n) is 2.62. The van der Waals surface area contributed by atoms with Crippen LogP contribution in [0, 0.1) is 5.92 Å². The van der Waals surface area contributed by atoms with Crippen molar-refractivity contribution in [2.75, 3.05) is 12.8 Å². The normalized spacial score (nSPS) is 28.9. The number of hydrogen-bond acceptors (Lipinski definition) is 2. The highest BCUT2D eigenvalue weighted by Crippen LogP contribution is 2.27. The van der Waals surface area contributed by atoms with Crippen molar-refractivity contribution in [1.82, 2.24) is 5.32 Å². The van der Waals surface area contributed by atoms with Gasteiger partial charge in [-0.2, -0.15) is 0 Å². The number of rotatable bonds is 7. The maximum absolute atomic E-state index is 12.2. The molecule has 0 saturated heterocycles. The summed E-state index contributed by atoms with van der Waals surface area (Å²) in [4.78, 5) is 0. The largest absolute Gasteiger partial charge is 0.317 e. The second-order valence-corrected chi connectivity index (χ2v) is 7.50. The van der Waals surface area contributed by atoms with Crippen LogP contribution in [0.5, 0.6) is 0 Å². The van der Waals surface area contributed by atoms with Crippen LogP contribution < -0.4 is 5.32 Å². The van der Waals surface area contributed by atoms with Gasteiger partial charge < -0.3 is 5.32 Å². The minimum absolute atomic E-state index is 0.500. The van der Waals surface area contributed by atoms with E-state index in [0.717, 1.165) is 18.1 Å². The Kier molecular flexibility index (Phi) is 7.36. The Morgan fingerprint density at radius 2 is 2.12 bits per heavy atom. The van der Waals surface area contributed by atoms with E-state index in [-0.39, 0.29) is 0 Å². The lowest BCUT2D eigenvalue weighted by atomic mass is 9.91. The molecule has 0 aliphatic heterocycles. The summed E-state index contributed by atoms with van der Waals surface area (Å²) < 4.78 is 12.2. The zero-order valence-corrected chi connectivity index (χ0v) is 12.5. The SMILES string of the molecule is CNC(C)CCCCS(=O)C1CCCC(C)C1. The van der Waals surface area contributed by atoms with E-state index in [9.17, 15) is 4.21 Å². The molecule has 0 aromatic rings. The highest BCUT2D eigenvalue weighted by atomic mass is 32.2. The van der Waals surface area contributed by atoms with Crippen LogP contribution in [0.3, 0.4) is 0 Å². The molecule has 1 N–H and O–H groups in total. The molecule has 1 rings (SSSR count). The van der Waals surface area contributed by atoms with Gasteiger partial charge in [0, 0.05) is 27.8 Å². The van der Waals surface area contributed by atoms with Crippen LogP contribution in [0.2, 0.25) is 0 Å². The molecule has 1 fully saturated rings. The standard InChI is InChI=1S/C14H29NOS/c1-12-7-6-9-14(11-12)17(16)10-5-4-8-13(2)15-3/h12-15H,4-11H2,1-3H3. The third kappa shape index (κ3) is 6.01. The molecule has 1 aliphatic carbocycles. The van der Waals surface area contributed by atoms with E-state index in [4.69, 9.17) is 0 Å². The first-order valence-electron chi connectivity index (χ1n) is 7.18. The Morgan fingerprint density at radius 1 is 1.35 bits per heavy atom. The smallest absolute Gasteiger partial charge is 0.0350 e. The van der Waals surface area contributed by atoms with Crippen molar-refractivity contribution in [2.45, 2.75) is 70.1 Å². The van der Waals surface area contributed by atoms with Gasteiger partial charge in [0.05, 0.1) is 0 Å². The monoisotopic (exact) mass is 259 g/mol. The van der Waals surface area contributed by atoms with Gasteiger partial charge in [-0.15, -0.1) is 0 Å². The fraction of sp³-hybridized carbons (Fsp3) is 1.00. The predicted octanol–water partition coefficient (Wildman–Crippen LogP) is 3.09. The summed E-state index contributed by atoms with van der Waals surface area (Å²) in [6.07, 6.45) is 8.56. The first-order valence-corrected chi connectivity index (χ1v) is 8.56. The molecule has 1 aliphatic rings. The van der Waals surface area contributed by atoms with Crippen molar-refractivity contribution in [2.24, 2.45) is 5.92 Å². The van der Waals surface area contributed by atoms with E-state index < -0.39 is 10.8 Å². The molecule has 3 heteroatoms. The lowest BCUT2D eigenvalue weighted by Crippen LogP contribution is -2.25. The second-order valence-electron chi connectivity index (χ2n) is 5.66. The van der Waals surface area contributed by atoms with E-state index in [1.165, 1.54) is 38.5 Å². The van der Waals surface area contributed by atoms with Gasteiger partial charge in [-0.3, -0.25) is 4.21 Å². The van der Waals surface area contributed by atoms with Crippen LogP contribution in [-0.4, -0.2) is 28.3 Å². The highest BCUT2D eigenvalue weighted by molar-refractivity contribution is 7.85. The molecule has 17 heavy (non-hydrogen) atoms. The minimum atomic E-state index is -0.564. The minimum Gasteiger partial charge on any atom is -0.317 e. The molecule has 0 aromatic heterocycles. The van der Waals surface area contributed by atoms with Crippen molar-refractivity contribution in [3.8, 4) is 0 Å². The summed E-state index contributed by atoms with van der Waals surface area (Å²) in [7, 11) is 1.44. The zero-order chi connectivity index (χ0) is 12.7. The predicted molar refractivity (Wildman–Crippen MR) is 76.8 cm³/mol. The van der Waals surface area contributed by atoms with Crippen molar-refractivity contribution < 1.29 is 4.21 Å². The third-order valence-electron chi connectivity index (χ3n) is 3.99. The van der Waals surface area contributed by atoms with Crippen molar-refractivity contribution in [3.63, 3.8) is 0 Å². The highest BCUT2D eigenvalue weighted by Gasteiger charge is 2.23. The Labute approximate surface area is 109 Å². The van der Waals surface area contributed by atoms with E-state index in [2.05, 4.69) is 19.2 Å². The van der Waals surface area contributed by atoms with E-state index in [1.807, 2.05) is 7.05 Å². The Hall–Kier alpha value is 0.110. The fourth-order valence-corrected chi connectivity index (χ4v) is 4.42. The second kappa shape index (κ2) is 8.25. The van der Waals surface area contributed by atoms with Gasteiger partial charge in [0.25, 0.3) is 0 Å². The van der Waals surface area contributed by atoms with Gasteiger partial charge in [0.1, 0.15) is 0 Å². The van der Waals surface area contributed by atoms with Crippen LogP contribution in [0.15, 0.2) is 0 Å². The van der Waals surface area contributed by atoms with Crippen LogP contribution in [0.25, 0.3) is 0 Å². The summed E-state index contributed by atoms with van der Waals surface area (Å²) >= 11 is 0. The molecule has 0 heterocycles. The Bertz CT molecular complexity index is 232. The Morgan fingerprint density at radius 3 is 2.76 bits per heavy atom. The van der Waals surface area contributed by atoms with Gasteiger partial charge in [0.2, 0.25) is 0 Å². The molecular formula is C14H29NOS. The maximum atomic E-state index is 12.2. The first kappa shape index (κ1) is 15.2. The lowest BCUT2D eigenvalue weighted by molar-refractivity contribution is 0.389. The quantitative estimate of drug-likeness (QED) is 0.712. The maximum Gasteiger partial charge on any atom is 0.0350 e. The number of unbranched alkanes of at least 4 members (excludes halogenated alkanes) is 1. The van der Waals surface area contributed by atoms with Crippen LogP contribution in [0.1, 0.15) is 58.8 Å². The molecule has 0 aromatic carbocycles. The number of hydrogen-bond donors (Lipinski definition) is 1. The molecule has 1 saturated carbocycles. The van der Waals surface area contributed by atoms with E-state index >= 15 is 0 Å². The molecule has 0 bridgehead atoms. The van der Waals surface area contributed by atoms with Gasteiger partial charge in [-0.25, -0.2) is 0 Å². The van der Waals surface area contributed by atoms with Gasteiger partial charge in [-0.05, 0) is 45.6 Å². The van der Waals surface area contributed by atoms with Crippen molar-refractivity contribution in [1.29, 1.82) is 0 Å². The lowest BCUT2D eigenvalue weighted by Gasteiger charge is -2.26. The summed E-state index contributed by atoms with van der Waals surface area (Å²) in [6, 6.07) is 0.595. The molecule has 4 unspecified atom stereocenters. The number of nitrogens with one attached hydrogen (secondary N) is 1. The molecular weight excluding hydrogens is 230 g/mol. The third-order valence-corrected chi connectivity index (χ3v) is 5.85. The van der Waals surface area contributed by atoms with E-state index in [1.54, 1.807) is 0 Å². The van der Waals surface area contributed by atoms with E-state index in [0.29, 0.717) is 11.3 Å². The average Bonchev–Trinajstić information content (AvgIpc) is 2.34. The topological polar surface area (TPSA) is 29.1 Å². The Balaban J connectivity index is 2.12. The van der Waals surface area contributed by atoms with Crippen LogP contribution in [-0.2, 0) is 10.8 Å².